The van der Waals surface area contributed by atoms with Crippen LogP contribution in [0.2, 0.25) is 0 Å². The predicted molar refractivity (Wildman–Crippen MR) is 80.5 cm³/mol. The Balaban J connectivity index is 1.96. The smallest absolute Gasteiger partial charge is 0.134 e. The first-order chi connectivity index (χ1) is 9.04. The Bertz CT molecular complexity index is 433. The van der Waals surface area contributed by atoms with Crippen molar-refractivity contribution in [1.29, 1.82) is 0 Å². The molecule has 1 N–H and O–H groups in total. The Morgan fingerprint density at radius 1 is 1.42 bits per heavy atom. The van der Waals surface area contributed by atoms with Gasteiger partial charge in [0, 0.05) is 32.2 Å². The van der Waals surface area contributed by atoms with Crippen LogP contribution in [-0.4, -0.2) is 30.2 Å². The minimum Gasteiger partial charge on any atom is -0.385 e. The van der Waals surface area contributed by atoms with E-state index in [0.29, 0.717) is 11.3 Å². The molecule has 0 atom stereocenters. The molecule has 106 valence electrons. The van der Waals surface area contributed by atoms with Crippen LogP contribution >= 0.6 is 15.9 Å². The number of aromatic nitrogens is 2. The van der Waals surface area contributed by atoms with Crippen LogP contribution in [0, 0.1) is 5.41 Å². The van der Waals surface area contributed by atoms with Gasteiger partial charge >= 0.3 is 0 Å². The van der Waals surface area contributed by atoms with Crippen molar-refractivity contribution in [2.45, 2.75) is 39.0 Å². The quantitative estimate of drug-likeness (QED) is 0.777. The summed E-state index contributed by atoms with van der Waals surface area (Å²) in [6.07, 6.45) is 3.69. The highest BCUT2D eigenvalue weighted by atomic mass is 79.9. The van der Waals surface area contributed by atoms with Gasteiger partial charge in [-0.3, -0.25) is 0 Å². The van der Waals surface area contributed by atoms with Gasteiger partial charge in [0.05, 0.1) is 0 Å². The summed E-state index contributed by atoms with van der Waals surface area (Å²) in [5.74, 6) is 2.12. The lowest BCUT2D eigenvalue weighted by atomic mass is 10.0. The third-order valence-corrected chi connectivity index (χ3v) is 4.07. The number of hydrogen-bond donors (Lipinski definition) is 1. The summed E-state index contributed by atoms with van der Waals surface area (Å²) < 4.78 is 6.02. The van der Waals surface area contributed by atoms with E-state index < -0.39 is 0 Å². The highest BCUT2D eigenvalue weighted by Crippen LogP contribution is 2.48. The van der Waals surface area contributed by atoms with E-state index in [4.69, 9.17) is 4.74 Å². The summed E-state index contributed by atoms with van der Waals surface area (Å²) >= 11 is 3.45. The molecule has 0 aliphatic heterocycles. The summed E-state index contributed by atoms with van der Waals surface area (Å²) in [5, 5.41) is 3.46. The summed E-state index contributed by atoms with van der Waals surface area (Å²) in [7, 11) is 1.76. The maximum atomic E-state index is 5.18. The van der Waals surface area contributed by atoms with Crippen molar-refractivity contribution in [3.63, 3.8) is 0 Å². The minimum atomic E-state index is 0.335. The van der Waals surface area contributed by atoms with Gasteiger partial charge in [0.1, 0.15) is 16.2 Å². The Kier molecular flexibility index (Phi) is 4.79. The van der Waals surface area contributed by atoms with Gasteiger partial charge < -0.3 is 10.1 Å². The molecule has 19 heavy (non-hydrogen) atoms. The molecule has 1 aliphatic rings. The van der Waals surface area contributed by atoms with Gasteiger partial charge in [-0.2, -0.15) is 0 Å². The molecule has 0 aromatic carbocycles. The molecule has 4 nitrogen and oxygen atoms in total. The molecule has 1 heterocycles. The van der Waals surface area contributed by atoms with Gasteiger partial charge in [-0.05, 0) is 40.6 Å². The van der Waals surface area contributed by atoms with Crippen LogP contribution < -0.4 is 5.32 Å². The fraction of sp³-hybridized carbons (Fsp3) is 0.714. The predicted octanol–water partition coefficient (Wildman–Crippen LogP) is 3.59. The highest BCUT2D eigenvalue weighted by molar-refractivity contribution is 9.10. The topological polar surface area (TPSA) is 47.0 Å². The Morgan fingerprint density at radius 3 is 2.74 bits per heavy atom. The summed E-state index contributed by atoms with van der Waals surface area (Å²) in [6, 6.07) is 1.94. The monoisotopic (exact) mass is 327 g/mol. The van der Waals surface area contributed by atoms with Crippen LogP contribution in [-0.2, 0) is 4.74 Å². The normalized spacial score (nSPS) is 16.7. The fourth-order valence-electron chi connectivity index (χ4n) is 2.07. The highest BCUT2D eigenvalue weighted by Gasteiger charge is 2.41. The van der Waals surface area contributed by atoms with E-state index in [2.05, 4.69) is 45.1 Å². The van der Waals surface area contributed by atoms with Crippen LogP contribution in [0.3, 0.4) is 0 Å². The molecule has 0 amide bonds. The fourth-order valence-corrected chi connectivity index (χ4v) is 2.47. The van der Waals surface area contributed by atoms with E-state index in [0.717, 1.165) is 35.8 Å². The first kappa shape index (κ1) is 14.7. The van der Waals surface area contributed by atoms with Crippen molar-refractivity contribution in [2.75, 3.05) is 25.6 Å². The second-order valence-electron chi connectivity index (χ2n) is 5.69. The second kappa shape index (κ2) is 6.18. The van der Waals surface area contributed by atoms with Crippen LogP contribution in [0.15, 0.2) is 10.7 Å². The Morgan fingerprint density at radius 2 is 2.16 bits per heavy atom. The van der Waals surface area contributed by atoms with Crippen LogP contribution in [0.5, 0.6) is 0 Å². The summed E-state index contributed by atoms with van der Waals surface area (Å²) in [5.41, 5.74) is 0.422. The molecule has 0 spiro atoms. The SMILES string of the molecule is COCCC1(CNc2cc(Br)nc(C(C)C)n2)CC1. The number of anilines is 1. The molecule has 1 aromatic heterocycles. The largest absolute Gasteiger partial charge is 0.385 e. The van der Waals surface area contributed by atoms with Crippen molar-refractivity contribution in [1.82, 2.24) is 9.97 Å². The van der Waals surface area contributed by atoms with Crippen molar-refractivity contribution in [3.05, 3.63) is 16.5 Å². The lowest BCUT2D eigenvalue weighted by Gasteiger charge is -2.16. The summed E-state index contributed by atoms with van der Waals surface area (Å²) in [6.45, 7) is 6.02. The average Bonchev–Trinajstić information content (AvgIpc) is 3.14. The average molecular weight is 328 g/mol. The maximum Gasteiger partial charge on any atom is 0.134 e. The number of rotatable bonds is 7. The molecular weight excluding hydrogens is 306 g/mol. The molecule has 1 fully saturated rings. The first-order valence-corrected chi connectivity index (χ1v) is 7.61. The van der Waals surface area contributed by atoms with Crippen molar-refractivity contribution in [2.24, 2.45) is 5.41 Å². The maximum absolute atomic E-state index is 5.18. The number of methoxy groups -OCH3 is 1. The van der Waals surface area contributed by atoms with Gasteiger partial charge in [0.2, 0.25) is 0 Å². The molecule has 0 unspecified atom stereocenters. The van der Waals surface area contributed by atoms with E-state index in [1.807, 2.05) is 6.07 Å². The molecule has 0 bridgehead atoms. The minimum absolute atomic E-state index is 0.335. The number of nitrogens with zero attached hydrogens (tertiary/aromatic N) is 2. The molecule has 5 heteroatoms. The van der Waals surface area contributed by atoms with Crippen molar-refractivity contribution >= 4 is 21.7 Å². The molecular formula is C14H22BrN3O. The van der Waals surface area contributed by atoms with Crippen LogP contribution in [0.1, 0.15) is 44.9 Å². The lowest BCUT2D eigenvalue weighted by Crippen LogP contribution is -2.18. The van der Waals surface area contributed by atoms with Gasteiger partial charge in [0.15, 0.2) is 0 Å². The number of nitrogens with one attached hydrogen (secondary N) is 1. The zero-order valence-corrected chi connectivity index (χ0v) is 13.5. The van der Waals surface area contributed by atoms with Crippen LogP contribution in [0.4, 0.5) is 5.82 Å². The van der Waals surface area contributed by atoms with E-state index in [1.54, 1.807) is 7.11 Å². The standard InChI is InChI=1S/C14H22BrN3O/c1-10(2)13-17-11(15)8-12(18-13)16-9-14(4-5-14)6-7-19-3/h8,10H,4-7,9H2,1-3H3,(H,16,17,18). The first-order valence-electron chi connectivity index (χ1n) is 6.82. The lowest BCUT2D eigenvalue weighted by molar-refractivity contribution is 0.175. The van der Waals surface area contributed by atoms with Crippen LogP contribution in [0.25, 0.3) is 0 Å². The number of halogens is 1. The number of ether oxygens (including phenoxy) is 1. The zero-order valence-electron chi connectivity index (χ0n) is 11.9. The molecule has 0 radical (unpaired) electrons. The Hall–Kier alpha value is -0.680. The Labute approximate surface area is 123 Å². The van der Waals surface area contributed by atoms with Crippen molar-refractivity contribution in [3.8, 4) is 0 Å². The van der Waals surface area contributed by atoms with E-state index >= 15 is 0 Å². The molecule has 1 aromatic rings. The van der Waals surface area contributed by atoms with E-state index in [-0.39, 0.29) is 0 Å². The van der Waals surface area contributed by atoms with Gasteiger partial charge in [-0.25, -0.2) is 9.97 Å². The zero-order chi connectivity index (χ0) is 13.9. The number of hydrogen-bond acceptors (Lipinski definition) is 4. The van der Waals surface area contributed by atoms with Gasteiger partial charge in [0.25, 0.3) is 0 Å². The third kappa shape index (κ3) is 4.14. The summed E-state index contributed by atoms with van der Waals surface area (Å²) in [4.78, 5) is 8.95. The van der Waals surface area contributed by atoms with Gasteiger partial charge in [-0.1, -0.05) is 13.8 Å². The molecule has 0 saturated heterocycles. The third-order valence-electron chi connectivity index (χ3n) is 3.67. The van der Waals surface area contributed by atoms with E-state index in [9.17, 15) is 0 Å². The molecule has 1 saturated carbocycles. The second-order valence-corrected chi connectivity index (χ2v) is 6.50. The van der Waals surface area contributed by atoms with Crippen molar-refractivity contribution < 1.29 is 4.74 Å². The molecule has 2 rings (SSSR count). The van der Waals surface area contributed by atoms with Gasteiger partial charge in [-0.15, -0.1) is 0 Å². The molecule has 1 aliphatic carbocycles. The van der Waals surface area contributed by atoms with E-state index in [1.165, 1.54) is 12.8 Å².